The summed E-state index contributed by atoms with van der Waals surface area (Å²) in [4.78, 5) is 14.0. The van der Waals surface area contributed by atoms with Crippen molar-refractivity contribution in [1.82, 2.24) is 4.90 Å². The molecule has 2 N–H and O–H groups in total. The fourth-order valence-electron chi connectivity index (χ4n) is 2.74. The average Bonchev–Trinajstić information content (AvgIpc) is 2.62. The highest BCUT2D eigenvalue weighted by molar-refractivity contribution is 6.31. The first kappa shape index (κ1) is 22.0. The van der Waals surface area contributed by atoms with Crippen LogP contribution in [0.4, 0.5) is 5.69 Å². The maximum Gasteiger partial charge on any atom is 0.238 e. The molecule has 1 amide bonds. The van der Waals surface area contributed by atoms with Crippen LogP contribution in [-0.4, -0.2) is 55.9 Å². The summed E-state index contributed by atoms with van der Waals surface area (Å²) in [6.45, 7) is 4.51. The largest absolute Gasteiger partial charge is 0.495 e. The highest BCUT2D eigenvalue weighted by atomic mass is 35.5. The Kier molecular flexibility index (Phi) is 8.11. The molecule has 7 heteroatoms. The summed E-state index contributed by atoms with van der Waals surface area (Å²) in [5, 5.41) is 13.5. The van der Waals surface area contributed by atoms with Crippen molar-refractivity contribution in [3.8, 4) is 11.5 Å². The molecule has 2 aromatic carbocycles. The Morgan fingerprint density at radius 1 is 1.21 bits per heavy atom. The molecule has 0 saturated heterocycles. The zero-order valence-electron chi connectivity index (χ0n) is 16.7. The second-order valence-electron chi connectivity index (χ2n) is 6.82. The first-order chi connectivity index (χ1) is 13.3. The maximum absolute atomic E-state index is 12.3. The number of methoxy groups -OCH3 is 1. The van der Waals surface area contributed by atoms with E-state index in [1.807, 2.05) is 32.0 Å². The molecule has 2 aromatic rings. The van der Waals surface area contributed by atoms with Gasteiger partial charge in [0.1, 0.15) is 24.2 Å². The van der Waals surface area contributed by atoms with Crippen LogP contribution < -0.4 is 14.8 Å². The van der Waals surface area contributed by atoms with Crippen LogP contribution in [0.3, 0.4) is 0 Å². The van der Waals surface area contributed by atoms with Crippen molar-refractivity contribution < 1.29 is 19.4 Å². The molecule has 0 fully saturated rings. The summed E-state index contributed by atoms with van der Waals surface area (Å²) in [6, 6.07) is 10.9. The lowest BCUT2D eigenvalue weighted by atomic mass is 10.1. The molecule has 0 bridgehead atoms. The fourth-order valence-corrected chi connectivity index (χ4v) is 2.91. The number of rotatable bonds is 9. The Hall–Kier alpha value is -2.28. The summed E-state index contributed by atoms with van der Waals surface area (Å²) in [5.41, 5.74) is 2.62. The summed E-state index contributed by atoms with van der Waals surface area (Å²) in [5.74, 6) is 1.06. The quantitative estimate of drug-likeness (QED) is 0.668. The van der Waals surface area contributed by atoms with Crippen LogP contribution in [0.1, 0.15) is 11.1 Å². The van der Waals surface area contributed by atoms with Crippen LogP contribution in [0.25, 0.3) is 0 Å². The fraction of sp³-hybridized carbons (Fsp3) is 0.381. The number of likely N-dealkylation sites (N-methyl/N-ethyl adjacent to an activating group) is 1. The zero-order valence-corrected chi connectivity index (χ0v) is 17.4. The third-order valence-corrected chi connectivity index (χ3v) is 4.38. The zero-order chi connectivity index (χ0) is 20.7. The first-order valence-corrected chi connectivity index (χ1v) is 9.36. The van der Waals surface area contributed by atoms with Gasteiger partial charge >= 0.3 is 0 Å². The topological polar surface area (TPSA) is 71.0 Å². The van der Waals surface area contributed by atoms with Gasteiger partial charge in [-0.15, -0.1) is 0 Å². The highest BCUT2D eigenvalue weighted by Gasteiger charge is 2.14. The third-order valence-electron chi connectivity index (χ3n) is 4.15. The number of nitrogens with one attached hydrogen (secondary N) is 1. The molecule has 0 spiro atoms. The number of aliphatic hydroxyl groups excluding tert-OH is 1. The van der Waals surface area contributed by atoms with Gasteiger partial charge in [-0.1, -0.05) is 23.7 Å². The van der Waals surface area contributed by atoms with E-state index < -0.39 is 6.10 Å². The molecule has 0 aromatic heterocycles. The van der Waals surface area contributed by atoms with E-state index in [9.17, 15) is 9.90 Å². The standard InChI is InChI=1S/C21H27ClN2O4/c1-14-5-6-15(2)20(9-14)28-13-17(25)11-24(3)12-21(26)23-18-10-16(22)7-8-19(18)27-4/h5-10,17,25H,11-13H2,1-4H3,(H,23,26). The van der Waals surface area contributed by atoms with Gasteiger partial charge in [-0.2, -0.15) is 0 Å². The number of benzene rings is 2. The van der Waals surface area contributed by atoms with Crippen molar-refractivity contribution in [2.24, 2.45) is 0 Å². The van der Waals surface area contributed by atoms with Gasteiger partial charge in [-0.3, -0.25) is 9.69 Å². The van der Waals surface area contributed by atoms with Crippen molar-refractivity contribution in [3.63, 3.8) is 0 Å². The summed E-state index contributed by atoms with van der Waals surface area (Å²) in [7, 11) is 3.28. The maximum atomic E-state index is 12.3. The molecular weight excluding hydrogens is 380 g/mol. The Morgan fingerprint density at radius 2 is 1.96 bits per heavy atom. The lowest BCUT2D eigenvalue weighted by Crippen LogP contribution is -2.37. The molecule has 0 aliphatic carbocycles. The normalized spacial score (nSPS) is 12.0. The number of amides is 1. The predicted octanol–water partition coefficient (Wildman–Crippen LogP) is 3.28. The number of halogens is 1. The second kappa shape index (κ2) is 10.3. The minimum Gasteiger partial charge on any atom is -0.495 e. The van der Waals surface area contributed by atoms with Gasteiger partial charge in [-0.25, -0.2) is 0 Å². The first-order valence-electron chi connectivity index (χ1n) is 8.98. The highest BCUT2D eigenvalue weighted by Crippen LogP contribution is 2.27. The molecule has 152 valence electrons. The van der Waals surface area contributed by atoms with Gasteiger partial charge in [0.05, 0.1) is 19.3 Å². The van der Waals surface area contributed by atoms with Gasteiger partial charge in [0.25, 0.3) is 0 Å². The van der Waals surface area contributed by atoms with E-state index in [-0.39, 0.29) is 19.1 Å². The molecular formula is C21H27ClN2O4. The van der Waals surface area contributed by atoms with Crippen LogP contribution in [0.5, 0.6) is 11.5 Å². The Balaban J connectivity index is 1.82. The molecule has 0 saturated carbocycles. The monoisotopic (exact) mass is 406 g/mol. The van der Waals surface area contributed by atoms with E-state index in [4.69, 9.17) is 21.1 Å². The number of aliphatic hydroxyl groups is 1. The van der Waals surface area contributed by atoms with Gasteiger partial charge in [0, 0.05) is 11.6 Å². The number of ether oxygens (including phenoxy) is 2. The molecule has 1 unspecified atom stereocenters. The van der Waals surface area contributed by atoms with Crippen molar-refractivity contribution in [1.29, 1.82) is 0 Å². The SMILES string of the molecule is COc1ccc(Cl)cc1NC(=O)CN(C)CC(O)COc1cc(C)ccc1C. The van der Waals surface area contributed by atoms with Gasteiger partial charge in [0.2, 0.25) is 5.91 Å². The van der Waals surface area contributed by atoms with Gasteiger partial charge in [0.15, 0.2) is 0 Å². The smallest absolute Gasteiger partial charge is 0.238 e. The molecule has 0 aliphatic rings. The van der Waals surface area contributed by atoms with Gasteiger partial charge < -0.3 is 19.9 Å². The van der Waals surface area contributed by atoms with Crippen LogP contribution in [-0.2, 0) is 4.79 Å². The van der Waals surface area contributed by atoms with Gasteiger partial charge in [-0.05, 0) is 56.3 Å². The minimum atomic E-state index is -0.724. The minimum absolute atomic E-state index is 0.107. The second-order valence-corrected chi connectivity index (χ2v) is 7.26. The van der Waals surface area contributed by atoms with Crippen LogP contribution in [0.15, 0.2) is 36.4 Å². The van der Waals surface area contributed by atoms with Crippen molar-refractivity contribution >= 4 is 23.2 Å². The van der Waals surface area contributed by atoms with Crippen LogP contribution in [0, 0.1) is 13.8 Å². The number of hydrogen-bond acceptors (Lipinski definition) is 5. The van der Waals surface area contributed by atoms with Crippen LogP contribution in [0.2, 0.25) is 5.02 Å². The molecule has 2 rings (SSSR count). The molecule has 0 aliphatic heterocycles. The molecule has 1 atom stereocenters. The molecule has 28 heavy (non-hydrogen) atoms. The van der Waals surface area contributed by atoms with Crippen LogP contribution >= 0.6 is 11.6 Å². The molecule has 6 nitrogen and oxygen atoms in total. The van der Waals surface area contributed by atoms with E-state index in [1.54, 1.807) is 30.1 Å². The van der Waals surface area contributed by atoms with E-state index in [0.717, 1.165) is 16.9 Å². The lowest BCUT2D eigenvalue weighted by Gasteiger charge is -2.21. The Bertz CT molecular complexity index is 813. The van der Waals surface area contributed by atoms with Crippen molar-refractivity contribution in [3.05, 3.63) is 52.5 Å². The van der Waals surface area contributed by atoms with E-state index >= 15 is 0 Å². The number of aryl methyl sites for hydroxylation is 2. The summed E-state index contributed by atoms with van der Waals surface area (Å²) in [6.07, 6.45) is -0.724. The summed E-state index contributed by atoms with van der Waals surface area (Å²) >= 11 is 5.97. The number of hydrogen-bond donors (Lipinski definition) is 2. The third kappa shape index (κ3) is 6.71. The Morgan fingerprint density at radius 3 is 2.68 bits per heavy atom. The lowest BCUT2D eigenvalue weighted by molar-refractivity contribution is -0.117. The number of anilines is 1. The number of carbonyl (C=O) groups is 1. The Labute approximate surface area is 171 Å². The van der Waals surface area contributed by atoms with E-state index in [2.05, 4.69) is 5.32 Å². The van der Waals surface area contributed by atoms with E-state index in [0.29, 0.717) is 23.0 Å². The predicted molar refractivity (Wildman–Crippen MR) is 112 cm³/mol. The van der Waals surface area contributed by atoms with Crippen molar-refractivity contribution in [2.45, 2.75) is 20.0 Å². The summed E-state index contributed by atoms with van der Waals surface area (Å²) < 4.78 is 10.9. The van der Waals surface area contributed by atoms with Crippen molar-refractivity contribution in [2.75, 3.05) is 39.2 Å². The van der Waals surface area contributed by atoms with E-state index in [1.165, 1.54) is 7.11 Å². The average molecular weight is 407 g/mol. The number of carbonyl (C=O) groups excluding carboxylic acids is 1. The molecule has 0 heterocycles. The molecule has 0 radical (unpaired) electrons. The number of nitrogens with zero attached hydrogens (tertiary/aromatic N) is 1.